The molecule has 0 spiro atoms. The largest absolute Gasteiger partial charge is 0.493 e. The SMILES string of the molecule is COc1cc(C(CC(=O)NCc2ccco2)N2Cc3ccccc3C2=O)cc(OC)c1OC. The number of carbonyl (C=O) groups excluding carboxylic acids is 2. The number of methoxy groups -OCH3 is 3. The van der Waals surface area contributed by atoms with Crippen molar-refractivity contribution in [2.24, 2.45) is 0 Å². The van der Waals surface area contributed by atoms with Crippen LogP contribution in [0.4, 0.5) is 0 Å². The van der Waals surface area contributed by atoms with Crippen molar-refractivity contribution >= 4 is 11.8 Å². The zero-order valence-electron chi connectivity index (χ0n) is 18.8. The molecule has 0 aliphatic carbocycles. The first kappa shape index (κ1) is 22.3. The van der Waals surface area contributed by atoms with E-state index in [9.17, 15) is 9.59 Å². The first-order valence-electron chi connectivity index (χ1n) is 10.5. The summed E-state index contributed by atoms with van der Waals surface area (Å²) in [7, 11) is 4.59. The van der Waals surface area contributed by atoms with E-state index in [1.807, 2.05) is 18.2 Å². The number of ether oxygens (including phenoxy) is 3. The number of fused-ring (bicyclic) bond motifs is 1. The molecule has 172 valence electrons. The van der Waals surface area contributed by atoms with Gasteiger partial charge in [-0.1, -0.05) is 18.2 Å². The highest BCUT2D eigenvalue weighted by molar-refractivity contribution is 5.98. The lowest BCUT2D eigenvalue weighted by molar-refractivity contribution is -0.122. The molecule has 1 N–H and O–H groups in total. The molecule has 8 heteroatoms. The maximum absolute atomic E-state index is 13.3. The van der Waals surface area contributed by atoms with E-state index >= 15 is 0 Å². The molecule has 1 aliphatic heterocycles. The number of carbonyl (C=O) groups is 2. The number of nitrogens with zero attached hydrogens (tertiary/aromatic N) is 1. The van der Waals surface area contributed by atoms with Gasteiger partial charge in [-0.15, -0.1) is 0 Å². The van der Waals surface area contributed by atoms with Crippen LogP contribution in [-0.4, -0.2) is 38.0 Å². The molecule has 1 atom stereocenters. The summed E-state index contributed by atoms with van der Waals surface area (Å²) in [4.78, 5) is 27.9. The van der Waals surface area contributed by atoms with Gasteiger partial charge in [0.25, 0.3) is 5.91 Å². The molecule has 0 saturated carbocycles. The smallest absolute Gasteiger partial charge is 0.255 e. The number of hydrogen-bond donors (Lipinski definition) is 1. The molecule has 8 nitrogen and oxygen atoms in total. The Balaban J connectivity index is 1.67. The fourth-order valence-corrected chi connectivity index (χ4v) is 4.08. The molecular weight excluding hydrogens is 424 g/mol. The first-order valence-corrected chi connectivity index (χ1v) is 10.5. The number of furan rings is 1. The molecular formula is C25H26N2O6. The molecule has 4 rings (SSSR count). The highest BCUT2D eigenvalue weighted by Gasteiger charge is 2.35. The van der Waals surface area contributed by atoms with Crippen molar-refractivity contribution in [3.63, 3.8) is 0 Å². The van der Waals surface area contributed by atoms with Crippen LogP contribution in [0.2, 0.25) is 0 Å². The Hall–Kier alpha value is -3.94. The molecule has 0 fully saturated rings. The second kappa shape index (κ2) is 9.68. The van der Waals surface area contributed by atoms with Crippen molar-refractivity contribution in [1.29, 1.82) is 0 Å². The number of rotatable bonds is 9. The number of nitrogens with one attached hydrogen (secondary N) is 1. The molecule has 1 unspecified atom stereocenters. The second-order valence-electron chi connectivity index (χ2n) is 7.62. The van der Waals surface area contributed by atoms with Crippen LogP contribution in [0.3, 0.4) is 0 Å². The van der Waals surface area contributed by atoms with Crippen molar-refractivity contribution in [3.8, 4) is 17.2 Å². The van der Waals surface area contributed by atoms with Crippen molar-refractivity contribution in [3.05, 3.63) is 77.2 Å². The van der Waals surface area contributed by atoms with Gasteiger partial charge in [-0.05, 0) is 41.5 Å². The molecule has 2 aromatic carbocycles. The molecule has 0 bridgehead atoms. The fraction of sp³-hybridized carbons (Fsp3) is 0.280. The van der Waals surface area contributed by atoms with Crippen molar-refractivity contribution in [2.45, 2.75) is 25.6 Å². The third kappa shape index (κ3) is 4.50. The van der Waals surface area contributed by atoms with Crippen LogP contribution >= 0.6 is 0 Å². The number of benzene rings is 2. The van der Waals surface area contributed by atoms with Crippen LogP contribution in [0.5, 0.6) is 17.2 Å². The predicted octanol–water partition coefficient (Wildman–Crippen LogP) is 3.71. The van der Waals surface area contributed by atoms with Crippen LogP contribution in [0.15, 0.2) is 59.2 Å². The Kier molecular flexibility index (Phi) is 6.53. The Bertz CT molecular complexity index is 1120. The Morgan fingerprint density at radius 1 is 1.06 bits per heavy atom. The zero-order chi connectivity index (χ0) is 23.4. The van der Waals surface area contributed by atoms with Crippen LogP contribution in [0, 0.1) is 0 Å². The minimum absolute atomic E-state index is 0.0546. The van der Waals surface area contributed by atoms with E-state index in [4.69, 9.17) is 18.6 Å². The minimum atomic E-state index is -0.546. The average molecular weight is 450 g/mol. The summed E-state index contributed by atoms with van der Waals surface area (Å²) in [6, 6.07) is 14.0. The highest BCUT2D eigenvalue weighted by atomic mass is 16.5. The van der Waals surface area contributed by atoms with E-state index in [0.29, 0.717) is 40.7 Å². The van der Waals surface area contributed by atoms with E-state index in [-0.39, 0.29) is 24.8 Å². The molecule has 2 amide bonds. The first-order chi connectivity index (χ1) is 16.0. The van der Waals surface area contributed by atoms with Gasteiger partial charge in [-0.3, -0.25) is 9.59 Å². The summed E-state index contributed by atoms with van der Waals surface area (Å²) in [6.45, 7) is 0.670. The topological polar surface area (TPSA) is 90.2 Å². The maximum Gasteiger partial charge on any atom is 0.255 e. The summed E-state index contributed by atoms with van der Waals surface area (Å²) in [6.07, 6.45) is 1.61. The van der Waals surface area contributed by atoms with E-state index in [1.165, 1.54) is 21.3 Å². The van der Waals surface area contributed by atoms with E-state index in [2.05, 4.69) is 5.32 Å². The molecule has 3 aromatic rings. The van der Waals surface area contributed by atoms with E-state index < -0.39 is 6.04 Å². The van der Waals surface area contributed by atoms with Gasteiger partial charge in [0.1, 0.15) is 5.76 Å². The standard InChI is InChI=1S/C25H26N2O6/c1-30-21-11-17(12-22(31-2)24(21)32-3)20(13-23(28)26-14-18-8-6-10-33-18)27-15-16-7-4-5-9-19(16)25(27)29/h4-12,20H,13-15H2,1-3H3,(H,26,28). The Labute approximate surface area is 192 Å². The molecule has 1 aliphatic rings. The van der Waals surface area contributed by atoms with Gasteiger partial charge in [0, 0.05) is 12.1 Å². The predicted molar refractivity (Wildman–Crippen MR) is 120 cm³/mol. The second-order valence-corrected chi connectivity index (χ2v) is 7.62. The maximum atomic E-state index is 13.3. The van der Waals surface area contributed by atoms with Gasteiger partial charge in [-0.25, -0.2) is 0 Å². The third-order valence-corrected chi connectivity index (χ3v) is 5.72. The summed E-state index contributed by atoms with van der Waals surface area (Å²) < 4.78 is 21.7. The molecule has 0 saturated heterocycles. The third-order valence-electron chi connectivity index (χ3n) is 5.72. The number of amides is 2. The highest BCUT2D eigenvalue weighted by Crippen LogP contribution is 2.42. The molecule has 33 heavy (non-hydrogen) atoms. The van der Waals surface area contributed by atoms with Crippen molar-refractivity contribution in [1.82, 2.24) is 10.2 Å². The lowest BCUT2D eigenvalue weighted by atomic mass is 10.00. The minimum Gasteiger partial charge on any atom is -0.493 e. The van der Waals surface area contributed by atoms with Gasteiger partial charge in [0.15, 0.2) is 11.5 Å². The van der Waals surface area contributed by atoms with Gasteiger partial charge in [0.2, 0.25) is 11.7 Å². The zero-order valence-corrected chi connectivity index (χ0v) is 18.8. The van der Waals surface area contributed by atoms with Gasteiger partial charge in [0.05, 0.1) is 46.6 Å². The van der Waals surface area contributed by atoms with Gasteiger partial charge in [-0.2, -0.15) is 0 Å². The van der Waals surface area contributed by atoms with Crippen LogP contribution in [-0.2, 0) is 17.9 Å². The molecule has 1 aromatic heterocycles. The fourth-order valence-electron chi connectivity index (χ4n) is 4.08. The lowest BCUT2D eigenvalue weighted by Crippen LogP contribution is -2.34. The quantitative estimate of drug-likeness (QED) is 0.535. The van der Waals surface area contributed by atoms with E-state index in [0.717, 1.165) is 5.56 Å². The van der Waals surface area contributed by atoms with Crippen LogP contribution < -0.4 is 19.5 Å². The summed E-state index contributed by atoms with van der Waals surface area (Å²) in [5.74, 6) is 1.67. The molecule has 0 radical (unpaired) electrons. The van der Waals surface area contributed by atoms with Crippen LogP contribution in [0.25, 0.3) is 0 Å². The Morgan fingerprint density at radius 2 is 1.79 bits per heavy atom. The normalized spacial score (nSPS) is 13.4. The molecule has 2 heterocycles. The average Bonchev–Trinajstić information content (AvgIpc) is 3.48. The summed E-state index contributed by atoms with van der Waals surface area (Å²) in [5.41, 5.74) is 2.28. The number of hydrogen-bond acceptors (Lipinski definition) is 6. The summed E-state index contributed by atoms with van der Waals surface area (Å²) in [5, 5.41) is 2.87. The van der Waals surface area contributed by atoms with Gasteiger partial charge < -0.3 is 28.8 Å². The Morgan fingerprint density at radius 3 is 2.39 bits per heavy atom. The lowest BCUT2D eigenvalue weighted by Gasteiger charge is -2.29. The van der Waals surface area contributed by atoms with Crippen molar-refractivity contribution in [2.75, 3.05) is 21.3 Å². The monoisotopic (exact) mass is 450 g/mol. The van der Waals surface area contributed by atoms with Crippen LogP contribution in [0.1, 0.15) is 39.7 Å². The van der Waals surface area contributed by atoms with E-state index in [1.54, 1.807) is 41.5 Å². The van der Waals surface area contributed by atoms with Gasteiger partial charge >= 0.3 is 0 Å². The summed E-state index contributed by atoms with van der Waals surface area (Å²) >= 11 is 0. The van der Waals surface area contributed by atoms with Crippen molar-refractivity contribution < 1.29 is 28.2 Å².